The Balaban J connectivity index is 0.00000784. The lowest BCUT2D eigenvalue weighted by Gasteiger charge is -2.31. The smallest absolute Gasteiger partial charge is 0.357 e. The zero-order valence-corrected chi connectivity index (χ0v) is 20.4. The zero-order chi connectivity index (χ0) is 21.2. The monoisotopic (exact) mass is 554 g/mol. The number of unbranched alkanes of at least 4 members (excludes halogenated alkanes) is 3. The maximum Gasteiger partial charge on any atom is 0.511 e. The van der Waals surface area contributed by atoms with Crippen LogP contribution in [-0.2, 0) is 10.0 Å². The van der Waals surface area contributed by atoms with Gasteiger partial charge in [0.25, 0.3) is 0 Å². The summed E-state index contributed by atoms with van der Waals surface area (Å²) in [5, 5.41) is 3.23. The number of guanidine groups is 1. The highest BCUT2D eigenvalue weighted by Gasteiger charge is 2.50. The Kier molecular flexibility index (Phi) is 13.4. The van der Waals surface area contributed by atoms with Gasteiger partial charge in [0.05, 0.1) is 0 Å². The number of hydrogen-bond acceptors (Lipinski definition) is 3. The van der Waals surface area contributed by atoms with E-state index in [-0.39, 0.29) is 43.0 Å². The van der Waals surface area contributed by atoms with E-state index in [0.29, 0.717) is 23.7 Å². The molecule has 0 radical (unpaired) electrons. The molecule has 0 amide bonds. The number of aliphatic imine (C=N–C) groups is 1. The molecule has 0 saturated carbocycles. The van der Waals surface area contributed by atoms with Crippen LogP contribution in [0.3, 0.4) is 0 Å². The largest absolute Gasteiger partial charge is 0.511 e. The van der Waals surface area contributed by atoms with Gasteiger partial charge in [-0.15, -0.1) is 30.6 Å². The number of alkyl halides is 3. The topological polar surface area (TPSA) is 65.0 Å². The quantitative estimate of drug-likeness (QED) is 0.147. The van der Waals surface area contributed by atoms with E-state index in [2.05, 4.69) is 21.8 Å². The maximum absolute atomic E-state index is 12.6. The number of rotatable bonds is 10. The first-order valence-corrected chi connectivity index (χ1v) is 11.2. The Hall–Kier alpha value is -0.560. The van der Waals surface area contributed by atoms with Crippen molar-refractivity contribution in [1.82, 2.24) is 14.5 Å². The van der Waals surface area contributed by atoms with Crippen molar-refractivity contribution in [1.29, 1.82) is 0 Å². The first-order chi connectivity index (χ1) is 13.1. The van der Waals surface area contributed by atoms with E-state index in [1.54, 1.807) is 0 Å². The van der Waals surface area contributed by atoms with E-state index >= 15 is 0 Å². The predicted molar refractivity (Wildman–Crippen MR) is 122 cm³/mol. The average Bonchev–Trinajstić information content (AvgIpc) is 2.64. The van der Waals surface area contributed by atoms with Gasteiger partial charge in [0, 0.05) is 39.8 Å². The Morgan fingerprint density at radius 1 is 1.28 bits per heavy atom. The number of allylic oxidation sites excluding steroid dienone is 1. The molecule has 1 fully saturated rings. The van der Waals surface area contributed by atoms with E-state index < -0.39 is 15.5 Å². The summed E-state index contributed by atoms with van der Waals surface area (Å²) in [7, 11) is -3.26. The fraction of sp³-hybridized carbons (Fsp3) is 0.833. The lowest BCUT2D eigenvalue weighted by Crippen LogP contribution is -2.45. The summed E-state index contributed by atoms with van der Waals surface area (Å²) in [5.41, 5.74) is -5.23. The molecular weight excluding hydrogens is 520 g/mol. The van der Waals surface area contributed by atoms with Crippen LogP contribution >= 0.6 is 24.0 Å². The summed E-state index contributed by atoms with van der Waals surface area (Å²) >= 11 is 0. The number of hydrogen-bond donors (Lipinski definition) is 1. The summed E-state index contributed by atoms with van der Waals surface area (Å²) in [6.07, 6.45) is 6.96. The van der Waals surface area contributed by atoms with Gasteiger partial charge < -0.3 is 10.2 Å². The molecule has 1 rings (SSSR count). The van der Waals surface area contributed by atoms with Gasteiger partial charge in [0.2, 0.25) is 0 Å². The summed E-state index contributed by atoms with van der Waals surface area (Å²) in [6, 6.07) is 0. The minimum atomic E-state index is -5.23. The Morgan fingerprint density at radius 2 is 1.90 bits per heavy atom. The molecule has 1 aliphatic heterocycles. The van der Waals surface area contributed by atoms with Crippen LogP contribution in [0.2, 0.25) is 0 Å². The molecule has 0 aliphatic carbocycles. The zero-order valence-electron chi connectivity index (χ0n) is 17.2. The SMILES string of the molecule is C=CCCCCCN(C)C(=NCC1CCN(S(=O)(=O)C(F)(F)F)CC1)NCC.I. The van der Waals surface area contributed by atoms with Gasteiger partial charge in [-0.3, -0.25) is 4.99 Å². The summed E-state index contributed by atoms with van der Waals surface area (Å²) < 4.78 is 61.4. The predicted octanol–water partition coefficient (Wildman–Crippen LogP) is 3.81. The maximum atomic E-state index is 12.6. The number of piperidine rings is 1. The third kappa shape index (κ3) is 9.41. The molecule has 11 heteroatoms. The van der Waals surface area contributed by atoms with Crippen LogP contribution in [0, 0.1) is 5.92 Å². The van der Waals surface area contributed by atoms with Crippen molar-refractivity contribution in [3.8, 4) is 0 Å². The number of nitrogens with zero attached hydrogens (tertiary/aromatic N) is 3. The summed E-state index contributed by atoms with van der Waals surface area (Å²) in [5.74, 6) is 0.853. The molecule has 1 aliphatic rings. The highest BCUT2D eigenvalue weighted by Crippen LogP contribution is 2.30. The first kappa shape index (κ1) is 28.4. The van der Waals surface area contributed by atoms with Crippen LogP contribution in [-0.4, -0.2) is 68.9 Å². The molecule has 172 valence electrons. The first-order valence-electron chi connectivity index (χ1n) is 9.80. The van der Waals surface area contributed by atoms with Crippen LogP contribution < -0.4 is 5.32 Å². The molecule has 29 heavy (non-hydrogen) atoms. The van der Waals surface area contributed by atoms with Crippen molar-refractivity contribution in [3.63, 3.8) is 0 Å². The van der Waals surface area contributed by atoms with Crippen molar-refractivity contribution in [3.05, 3.63) is 12.7 Å². The molecule has 0 atom stereocenters. The number of nitrogens with one attached hydrogen (secondary N) is 1. The van der Waals surface area contributed by atoms with Gasteiger partial charge in [-0.25, -0.2) is 8.42 Å². The standard InChI is InChI=1S/C18H33F3N4O2S.HI/c1-4-6-7-8-9-12-24(3)17(22-5-2)23-15-16-10-13-25(14-11-16)28(26,27)18(19,20)21;/h4,16H,1,5-15H2,2-3H3,(H,22,23);1H. The summed E-state index contributed by atoms with van der Waals surface area (Å²) in [4.78, 5) is 6.67. The van der Waals surface area contributed by atoms with Crippen molar-refractivity contribution < 1.29 is 21.6 Å². The molecular formula is C18H34F3IN4O2S. The Morgan fingerprint density at radius 3 is 2.41 bits per heavy atom. The number of sulfonamides is 1. The molecule has 0 unspecified atom stereocenters. The molecule has 0 aromatic carbocycles. The second kappa shape index (κ2) is 13.7. The van der Waals surface area contributed by atoms with E-state index in [0.717, 1.165) is 44.7 Å². The van der Waals surface area contributed by atoms with Gasteiger partial charge in [-0.05, 0) is 44.9 Å². The average molecular weight is 554 g/mol. The normalized spacial score (nSPS) is 16.9. The minimum absolute atomic E-state index is 0. The lowest BCUT2D eigenvalue weighted by molar-refractivity contribution is -0.0496. The molecule has 0 aromatic rings. The van der Waals surface area contributed by atoms with Gasteiger partial charge >= 0.3 is 15.5 Å². The Bertz CT molecular complexity index is 607. The van der Waals surface area contributed by atoms with Crippen LogP contribution in [0.15, 0.2) is 17.6 Å². The molecule has 1 N–H and O–H groups in total. The third-order valence-corrected chi connectivity index (χ3v) is 6.43. The fourth-order valence-electron chi connectivity index (χ4n) is 3.08. The van der Waals surface area contributed by atoms with E-state index in [1.165, 1.54) is 0 Å². The molecule has 0 bridgehead atoms. The molecule has 0 spiro atoms. The number of halogens is 4. The van der Waals surface area contributed by atoms with E-state index in [4.69, 9.17) is 0 Å². The van der Waals surface area contributed by atoms with Gasteiger partial charge in [0.15, 0.2) is 5.96 Å². The van der Waals surface area contributed by atoms with Crippen molar-refractivity contribution in [2.75, 3.05) is 39.8 Å². The van der Waals surface area contributed by atoms with Crippen LogP contribution in [0.5, 0.6) is 0 Å². The fourth-order valence-corrected chi connectivity index (χ4v) is 4.07. The molecule has 1 saturated heterocycles. The third-order valence-electron chi connectivity index (χ3n) is 4.80. The van der Waals surface area contributed by atoms with Crippen molar-refractivity contribution in [2.24, 2.45) is 10.9 Å². The second-order valence-corrected chi connectivity index (χ2v) is 8.98. The van der Waals surface area contributed by atoms with E-state index in [9.17, 15) is 21.6 Å². The van der Waals surface area contributed by atoms with Crippen molar-refractivity contribution in [2.45, 2.75) is 51.0 Å². The van der Waals surface area contributed by atoms with Gasteiger partial charge in [0.1, 0.15) is 0 Å². The van der Waals surface area contributed by atoms with Gasteiger partial charge in [-0.2, -0.15) is 17.5 Å². The highest BCUT2D eigenvalue weighted by atomic mass is 127. The van der Waals surface area contributed by atoms with Crippen LogP contribution in [0.25, 0.3) is 0 Å². The lowest BCUT2D eigenvalue weighted by atomic mass is 9.98. The van der Waals surface area contributed by atoms with Crippen molar-refractivity contribution >= 4 is 40.0 Å². The van der Waals surface area contributed by atoms with E-state index in [1.807, 2.05) is 20.0 Å². The van der Waals surface area contributed by atoms with Crippen LogP contribution in [0.1, 0.15) is 45.4 Å². The molecule has 0 aromatic heterocycles. The molecule has 6 nitrogen and oxygen atoms in total. The van der Waals surface area contributed by atoms with Crippen LogP contribution in [0.4, 0.5) is 13.2 Å². The minimum Gasteiger partial charge on any atom is -0.357 e. The second-order valence-electron chi connectivity index (χ2n) is 7.05. The highest BCUT2D eigenvalue weighted by molar-refractivity contribution is 14.0. The summed E-state index contributed by atoms with van der Waals surface area (Å²) in [6.45, 7) is 7.53. The van der Waals surface area contributed by atoms with Gasteiger partial charge in [-0.1, -0.05) is 12.5 Å². The molecule has 1 heterocycles. The Labute approximate surface area is 190 Å².